The first kappa shape index (κ1) is 11.9. The van der Waals surface area contributed by atoms with Crippen molar-refractivity contribution >= 4 is 5.91 Å². The largest absolute Gasteiger partial charge is 0.378 e. The molecule has 1 aliphatic heterocycles. The molecule has 0 unspecified atom stereocenters. The number of hydrogen-bond donors (Lipinski definition) is 2. The van der Waals surface area contributed by atoms with Crippen molar-refractivity contribution in [1.29, 1.82) is 0 Å². The van der Waals surface area contributed by atoms with Gasteiger partial charge in [0.25, 0.3) is 0 Å². The van der Waals surface area contributed by atoms with Gasteiger partial charge in [0.2, 0.25) is 5.91 Å². The Morgan fingerprint density at radius 3 is 2.88 bits per heavy atom. The Balaban J connectivity index is 1.64. The molecule has 1 aliphatic carbocycles. The van der Waals surface area contributed by atoms with E-state index >= 15 is 0 Å². The van der Waals surface area contributed by atoms with Gasteiger partial charge in [-0.3, -0.25) is 4.79 Å². The number of nitrogens with one attached hydrogen (secondary N) is 2. The number of rotatable bonds is 4. The van der Waals surface area contributed by atoms with Crippen LogP contribution in [0.15, 0.2) is 0 Å². The van der Waals surface area contributed by atoms with Gasteiger partial charge in [-0.05, 0) is 39.2 Å². The molecule has 2 N–H and O–H groups in total. The molecule has 1 atom stereocenters. The minimum absolute atomic E-state index is 0.0416. The topological polar surface area (TPSA) is 50.4 Å². The van der Waals surface area contributed by atoms with E-state index in [1.807, 2.05) is 6.92 Å². The smallest absolute Gasteiger partial charge is 0.237 e. The summed E-state index contributed by atoms with van der Waals surface area (Å²) in [5.41, 5.74) is 0. The first-order valence-electron chi connectivity index (χ1n) is 6.45. The van der Waals surface area contributed by atoms with E-state index in [-0.39, 0.29) is 11.9 Å². The number of piperidine rings is 1. The molecule has 0 bridgehead atoms. The van der Waals surface area contributed by atoms with E-state index in [9.17, 15) is 4.79 Å². The van der Waals surface area contributed by atoms with Crippen molar-refractivity contribution in [2.75, 3.05) is 13.2 Å². The van der Waals surface area contributed by atoms with Crippen molar-refractivity contribution in [3.05, 3.63) is 0 Å². The Kier molecular flexibility index (Phi) is 4.18. The summed E-state index contributed by atoms with van der Waals surface area (Å²) in [5.74, 6) is 0.180. The van der Waals surface area contributed by atoms with Gasteiger partial charge in [0.05, 0.1) is 12.1 Å². The maximum atomic E-state index is 11.9. The highest BCUT2D eigenvalue weighted by atomic mass is 16.5. The van der Waals surface area contributed by atoms with Crippen LogP contribution in [0.2, 0.25) is 0 Å². The average molecular weight is 226 g/mol. The minimum Gasteiger partial charge on any atom is -0.378 e. The van der Waals surface area contributed by atoms with Gasteiger partial charge < -0.3 is 15.4 Å². The number of carbonyl (C=O) groups excluding carboxylic acids is 1. The molecular formula is C12H22N2O2. The highest BCUT2D eigenvalue weighted by Gasteiger charge is 2.32. The summed E-state index contributed by atoms with van der Waals surface area (Å²) in [7, 11) is 0. The fraction of sp³-hybridized carbons (Fsp3) is 0.917. The zero-order valence-corrected chi connectivity index (χ0v) is 10.00. The molecule has 4 heteroatoms. The van der Waals surface area contributed by atoms with Crippen molar-refractivity contribution in [3.8, 4) is 0 Å². The van der Waals surface area contributed by atoms with Crippen LogP contribution in [0.4, 0.5) is 0 Å². The molecule has 1 amide bonds. The quantitative estimate of drug-likeness (QED) is 0.746. The van der Waals surface area contributed by atoms with Crippen LogP contribution in [-0.2, 0) is 9.53 Å². The van der Waals surface area contributed by atoms with E-state index in [2.05, 4.69) is 10.6 Å². The summed E-state index contributed by atoms with van der Waals surface area (Å²) >= 11 is 0. The fourth-order valence-electron chi connectivity index (χ4n) is 2.43. The van der Waals surface area contributed by atoms with E-state index < -0.39 is 0 Å². The average Bonchev–Trinajstić information content (AvgIpc) is 2.27. The predicted molar refractivity (Wildman–Crippen MR) is 62.2 cm³/mol. The third-order valence-corrected chi connectivity index (χ3v) is 3.47. The summed E-state index contributed by atoms with van der Waals surface area (Å²) in [6.07, 6.45) is 5.66. The Hall–Kier alpha value is -0.610. The molecule has 1 saturated carbocycles. The van der Waals surface area contributed by atoms with Crippen molar-refractivity contribution in [2.45, 2.75) is 57.2 Å². The van der Waals surface area contributed by atoms with Crippen LogP contribution in [0.25, 0.3) is 0 Å². The lowest BCUT2D eigenvalue weighted by Gasteiger charge is -2.36. The van der Waals surface area contributed by atoms with Crippen LogP contribution in [0.1, 0.15) is 39.0 Å². The highest BCUT2D eigenvalue weighted by Crippen LogP contribution is 2.23. The Morgan fingerprint density at radius 1 is 1.44 bits per heavy atom. The zero-order chi connectivity index (χ0) is 11.4. The van der Waals surface area contributed by atoms with Gasteiger partial charge in [-0.2, -0.15) is 0 Å². The molecule has 4 nitrogen and oxygen atoms in total. The molecule has 0 aromatic rings. The molecule has 0 spiro atoms. The van der Waals surface area contributed by atoms with Gasteiger partial charge >= 0.3 is 0 Å². The first-order chi connectivity index (χ1) is 7.79. The van der Waals surface area contributed by atoms with E-state index in [0.717, 1.165) is 38.8 Å². The SMILES string of the molecule is CCOC1CC(NC(=O)[C@H]2CCCCN2)C1. The summed E-state index contributed by atoms with van der Waals surface area (Å²) in [6, 6.07) is 0.382. The third kappa shape index (κ3) is 2.95. The fourth-order valence-corrected chi connectivity index (χ4v) is 2.43. The highest BCUT2D eigenvalue weighted by molar-refractivity contribution is 5.82. The van der Waals surface area contributed by atoms with Crippen LogP contribution in [0.3, 0.4) is 0 Å². The molecule has 1 heterocycles. The summed E-state index contributed by atoms with van der Waals surface area (Å²) in [6.45, 7) is 3.76. The molecular weight excluding hydrogens is 204 g/mol. The van der Waals surface area contributed by atoms with Crippen molar-refractivity contribution in [2.24, 2.45) is 0 Å². The summed E-state index contributed by atoms with van der Waals surface area (Å²) in [5, 5.41) is 6.36. The second kappa shape index (κ2) is 5.64. The van der Waals surface area contributed by atoms with Gasteiger partial charge in [0.1, 0.15) is 0 Å². The van der Waals surface area contributed by atoms with Crippen LogP contribution < -0.4 is 10.6 Å². The van der Waals surface area contributed by atoms with Gasteiger partial charge in [-0.25, -0.2) is 0 Å². The molecule has 2 aliphatic rings. The van der Waals surface area contributed by atoms with Crippen molar-refractivity contribution in [1.82, 2.24) is 10.6 Å². The van der Waals surface area contributed by atoms with E-state index in [4.69, 9.17) is 4.74 Å². The normalized spacial score (nSPS) is 34.2. The number of hydrogen-bond acceptors (Lipinski definition) is 3. The molecule has 0 aromatic heterocycles. The number of carbonyl (C=O) groups is 1. The lowest BCUT2D eigenvalue weighted by Crippen LogP contribution is -2.54. The minimum atomic E-state index is 0.0416. The molecule has 0 aromatic carbocycles. The standard InChI is InChI=1S/C12H22N2O2/c1-2-16-10-7-9(8-10)14-12(15)11-5-3-4-6-13-11/h9-11,13H,2-8H2,1H3,(H,14,15)/t9?,10?,11-/m1/s1. The lowest BCUT2D eigenvalue weighted by molar-refractivity contribution is -0.126. The summed E-state index contributed by atoms with van der Waals surface area (Å²) < 4.78 is 5.47. The Morgan fingerprint density at radius 2 is 2.25 bits per heavy atom. The van der Waals surface area contributed by atoms with Crippen molar-refractivity contribution in [3.63, 3.8) is 0 Å². The predicted octanol–water partition coefficient (Wildman–Crippen LogP) is 0.812. The second-order valence-corrected chi connectivity index (χ2v) is 4.76. The van der Waals surface area contributed by atoms with Crippen LogP contribution in [-0.4, -0.2) is 37.2 Å². The molecule has 2 rings (SSSR count). The Labute approximate surface area is 97.1 Å². The van der Waals surface area contributed by atoms with E-state index in [0.29, 0.717) is 12.1 Å². The van der Waals surface area contributed by atoms with Gasteiger partial charge in [0, 0.05) is 12.6 Å². The lowest BCUT2D eigenvalue weighted by atomic mass is 9.88. The molecule has 0 radical (unpaired) electrons. The molecule has 2 fully saturated rings. The van der Waals surface area contributed by atoms with Gasteiger partial charge in [0.15, 0.2) is 0 Å². The molecule has 16 heavy (non-hydrogen) atoms. The zero-order valence-electron chi connectivity index (χ0n) is 10.00. The Bertz CT molecular complexity index is 233. The molecule has 1 saturated heterocycles. The first-order valence-corrected chi connectivity index (χ1v) is 6.45. The van der Waals surface area contributed by atoms with Gasteiger partial charge in [-0.1, -0.05) is 6.42 Å². The van der Waals surface area contributed by atoms with Crippen LogP contribution in [0.5, 0.6) is 0 Å². The molecule has 92 valence electrons. The maximum absolute atomic E-state index is 11.9. The van der Waals surface area contributed by atoms with Crippen LogP contribution in [0, 0.1) is 0 Å². The van der Waals surface area contributed by atoms with Crippen LogP contribution >= 0.6 is 0 Å². The number of ether oxygens (including phenoxy) is 1. The maximum Gasteiger partial charge on any atom is 0.237 e. The van der Waals surface area contributed by atoms with Crippen molar-refractivity contribution < 1.29 is 9.53 Å². The van der Waals surface area contributed by atoms with Gasteiger partial charge in [-0.15, -0.1) is 0 Å². The van der Waals surface area contributed by atoms with E-state index in [1.54, 1.807) is 0 Å². The second-order valence-electron chi connectivity index (χ2n) is 4.76. The van der Waals surface area contributed by atoms with E-state index in [1.165, 1.54) is 6.42 Å². The third-order valence-electron chi connectivity index (χ3n) is 3.47. The monoisotopic (exact) mass is 226 g/mol. The summed E-state index contributed by atoms with van der Waals surface area (Å²) in [4.78, 5) is 11.9. The number of amides is 1.